The number of rotatable bonds is 4. The van der Waals surface area contributed by atoms with Crippen molar-refractivity contribution in [2.75, 3.05) is 19.8 Å². The molecule has 2 bridgehead atoms. The van der Waals surface area contributed by atoms with E-state index in [4.69, 9.17) is 9.47 Å². The summed E-state index contributed by atoms with van der Waals surface area (Å²) in [4.78, 5) is 15.0. The number of ether oxygens (including phenoxy) is 2. The van der Waals surface area contributed by atoms with Gasteiger partial charge >= 0.3 is 0 Å². The van der Waals surface area contributed by atoms with E-state index >= 15 is 0 Å². The average Bonchev–Trinajstić information content (AvgIpc) is 2.82. The summed E-state index contributed by atoms with van der Waals surface area (Å²) in [6.07, 6.45) is 6.11. The number of amides is 1. The lowest BCUT2D eigenvalue weighted by Gasteiger charge is -2.42. The number of benzene rings is 1. The largest absolute Gasteiger partial charge is 0.483 e. The minimum absolute atomic E-state index is 0.0471. The molecular weight excluding hydrogens is 428 g/mol. The molecule has 1 saturated carbocycles. The standard InChI is InChI=1S/C24H36N2O5S/c1-3-17(2)32(28,29)25-21-8-6-14-26-22(21)15-30-19-12-10-18(11-13-19)20-7-4-5-9-23(20)31-16-24(26)27/h4-5,7,9,17-19,21-22,25H,3,6,8,10-16H2,1-2H3/t17-,18?,19?,21-,22?/m0/s1. The van der Waals surface area contributed by atoms with Crippen LogP contribution in [0.5, 0.6) is 5.75 Å². The van der Waals surface area contributed by atoms with Crippen molar-refractivity contribution in [2.45, 2.75) is 88.1 Å². The van der Waals surface area contributed by atoms with Crippen molar-refractivity contribution < 1.29 is 22.7 Å². The first-order chi connectivity index (χ1) is 15.4. The highest BCUT2D eigenvalue weighted by atomic mass is 32.2. The maximum absolute atomic E-state index is 13.2. The molecule has 32 heavy (non-hydrogen) atoms. The van der Waals surface area contributed by atoms with Crippen LogP contribution in [-0.2, 0) is 19.6 Å². The SMILES string of the molecule is CC[C@H](C)S(=O)(=O)N[C@H]1CCCN2C(=O)COc3ccccc3C3CCC(CC3)OCC12. The number of hydrogen-bond acceptors (Lipinski definition) is 5. The van der Waals surface area contributed by atoms with Crippen LogP contribution in [0.2, 0.25) is 0 Å². The predicted octanol–water partition coefficient (Wildman–Crippen LogP) is 3.20. The first-order valence-corrected chi connectivity index (χ1v) is 13.6. The third-order valence-corrected chi connectivity index (χ3v) is 9.43. The van der Waals surface area contributed by atoms with Crippen molar-refractivity contribution >= 4 is 15.9 Å². The number of para-hydroxylation sites is 1. The van der Waals surface area contributed by atoms with Gasteiger partial charge < -0.3 is 14.4 Å². The van der Waals surface area contributed by atoms with Crippen LogP contribution in [0.3, 0.4) is 0 Å². The highest BCUT2D eigenvalue weighted by molar-refractivity contribution is 7.90. The lowest BCUT2D eigenvalue weighted by molar-refractivity contribution is -0.140. The molecule has 1 aromatic rings. The minimum Gasteiger partial charge on any atom is -0.483 e. The summed E-state index contributed by atoms with van der Waals surface area (Å²) >= 11 is 0. The number of nitrogens with one attached hydrogen (secondary N) is 1. The molecule has 1 aromatic carbocycles. The van der Waals surface area contributed by atoms with Crippen LogP contribution in [0.1, 0.15) is 70.3 Å². The van der Waals surface area contributed by atoms with Crippen LogP contribution < -0.4 is 9.46 Å². The summed E-state index contributed by atoms with van der Waals surface area (Å²) in [5, 5.41) is -0.473. The van der Waals surface area contributed by atoms with E-state index in [0.29, 0.717) is 31.9 Å². The van der Waals surface area contributed by atoms with Crippen LogP contribution in [0.25, 0.3) is 0 Å². The Morgan fingerprint density at radius 1 is 1.16 bits per heavy atom. The first-order valence-electron chi connectivity index (χ1n) is 12.0. The fourth-order valence-electron chi connectivity index (χ4n) is 5.20. The molecule has 7 nitrogen and oxygen atoms in total. The molecule has 5 rings (SSSR count). The fraction of sp³-hybridized carbons (Fsp3) is 0.708. The smallest absolute Gasteiger partial charge is 0.260 e. The molecule has 1 unspecified atom stereocenters. The van der Waals surface area contributed by atoms with Gasteiger partial charge in [0.25, 0.3) is 5.91 Å². The highest BCUT2D eigenvalue weighted by Gasteiger charge is 2.39. The molecule has 1 N–H and O–H groups in total. The Hall–Kier alpha value is -1.64. The van der Waals surface area contributed by atoms with E-state index in [1.165, 1.54) is 5.56 Å². The number of piperidine rings is 1. The van der Waals surface area contributed by atoms with Gasteiger partial charge in [-0.1, -0.05) is 25.1 Å². The molecule has 8 heteroatoms. The Morgan fingerprint density at radius 2 is 1.91 bits per heavy atom. The molecule has 0 radical (unpaired) electrons. The molecular formula is C24H36N2O5S. The van der Waals surface area contributed by atoms with Gasteiger partial charge in [0.1, 0.15) is 5.75 Å². The topological polar surface area (TPSA) is 84.9 Å². The highest BCUT2D eigenvalue weighted by Crippen LogP contribution is 2.39. The molecule has 2 fully saturated rings. The number of carbonyl (C=O) groups is 1. The van der Waals surface area contributed by atoms with E-state index in [1.54, 1.807) is 11.8 Å². The molecule has 3 heterocycles. The zero-order valence-corrected chi connectivity index (χ0v) is 20.0. The molecule has 1 aliphatic carbocycles. The van der Waals surface area contributed by atoms with E-state index in [9.17, 15) is 13.2 Å². The monoisotopic (exact) mass is 464 g/mol. The van der Waals surface area contributed by atoms with Gasteiger partial charge in [-0.3, -0.25) is 4.79 Å². The zero-order chi connectivity index (χ0) is 22.7. The van der Waals surface area contributed by atoms with E-state index in [1.807, 2.05) is 25.1 Å². The van der Waals surface area contributed by atoms with Gasteiger partial charge in [0.15, 0.2) is 6.61 Å². The van der Waals surface area contributed by atoms with Gasteiger partial charge in [0, 0.05) is 12.6 Å². The van der Waals surface area contributed by atoms with Crippen LogP contribution in [0.15, 0.2) is 24.3 Å². The summed E-state index contributed by atoms with van der Waals surface area (Å²) in [6, 6.07) is 7.35. The van der Waals surface area contributed by atoms with E-state index in [2.05, 4.69) is 10.8 Å². The van der Waals surface area contributed by atoms with Crippen molar-refractivity contribution in [3.05, 3.63) is 29.8 Å². The Kier molecular flexibility index (Phi) is 7.42. The number of fused-ring (bicyclic) bond motifs is 5. The molecule has 178 valence electrons. The maximum Gasteiger partial charge on any atom is 0.260 e. The minimum atomic E-state index is -3.46. The summed E-state index contributed by atoms with van der Waals surface area (Å²) in [5.41, 5.74) is 1.17. The number of sulfonamides is 1. The van der Waals surface area contributed by atoms with Crippen LogP contribution in [0, 0.1) is 0 Å². The molecule has 1 amide bonds. The first kappa shape index (κ1) is 23.5. The molecule has 0 aromatic heterocycles. The van der Waals surface area contributed by atoms with Gasteiger partial charge in [0.2, 0.25) is 10.0 Å². The van der Waals surface area contributed by atoms with Gasteiger partial charge in [-0.25, -0.2) is 13.1 Å². The lowest BCUT2D eigenvalue weighted by atomic mass is 9.82. The Balaban J connectivity index is 1.59. The lowest BCUT2D eigenvalue weighted by Crippen LogP contribution is -2.60. The summed E-state index contributed by atoms with van der Waals surface area (Å²) in [5.74, 6) is 1.08. The van der Waals surface area contributed by atoms with Crippen molar-refractivity contribution in [1.82, 2.24) is 9.62 Å². The Bertz CT molecular complexity index is 897. The predicted molar refractivity (Wildman–Crippen MR) is 123 cm³/mol. The van der Waals surface area contributed by atoms with Gasteiger partial charge in [0.05, 0.1) is 24.0 Å². The van der Waals surface area contributed by atoms with Gasteiger partial charge in [-0.15, -0.1) is 0 Å². The van der Waals surface area contributed by atoms with Gasteiger partial charge in [-0.2, -0.15) is 0 Å². The molecule has 1 saturated heterocycles. The summed E-state index contributed by atoms with van der Waals surface area (Å²) in [6.45, 7) is 4.48. The van der Waals surface area contributed by atoms with Crippen molar-refractivity contribution in [3.8, 4) is 5.75 Å². The third kappa shape index (κ3) is 5.13. The van der Waals surface area contributed by atoms with E-state index in [0.717, 1.165) is 37.9 Å². The second-order valence-electron chi connectivity index (χ2n) is 9.42. The molecule has 3 aliphatic heterocycles. The summed E-state index contributed by atoms with van der Waals surface area (Å²) < 4.78 is 40.8. The van der Waals surface area contributed by atoms with E-state index in [-0.39, 0.29) is 30.7 Å². The second-order valence-corrected chi connectivity index (χ2v) is 11.5. The quantitative estimate of drug-likeness (QED) is 0.740. The number of nitrogens with zero attached hydrogens (tertiary/aromatic N) is 1. The van der Waals surface area contributed by atoms with E-state index < -0.39 is 15.3 Å². The maximum atomic E-state index is 13.2. The van der Waals surface area contributed by atoms with Crippen LogP contribution in [0.4, 0.5) is 0 Å². The Labute approximate surface area is 191 Å². The van der Waals surface area contributed by atoms with Crippen molar-refractivity contribution in [1.29, 1.82) is 0 Å². The normalized spacial score (nSPS) is 30.2. The molecule has 3 atom stereocenters. The number of carbonyl (C=O) groups excluding carboxylic acids is 1. The van der Waals surface area contributed by atoms with Crippen molar-refractivity contribution in [3.63, 3.8) is 0 Å². The van der Waals surface area contributed by atoms with Crippen LogP contribution in [-0.4, -0.2) is 62.4 Å². The molecule has 4 aliphatic rings. The zero-order valence-electron chi connectivity index (χ0n) is 19.2. The van der Waals surface area contributed by atoms with Crippen molar-refractivity contribution in [2.24, 2.45) is 0 Å². The molecule has 0 spiro atoms. The van der Waals surface area contributed by atoms with Crippen LogP contribution >= 0.6 is 0 Å². The summed E-state index contributed by atoms with van der Waals surface area (Å²) in [7, 11) is -3.46. The van der Waals surface area contributed by atoms with Gasteiger partial charge in [-0.05, 0) is 69.4 Å². The average molecular weight is 465 g/mol. The number of hydrogen-bond donors (Lipinski definition) is 1. The third-order valence-electron chi connectivity index (χ3n) is 7.41. The fourth-order valence-corrected chi connectivity index (χ4v) is 6.57. The Morgan fingerprint density at radius 3 is 2.66 bits per heavy atom. The second kappa shape index (κ2) is 10.1.